The van der Waals surface area contributed by atoms with E-state index in [1.54, 1.807) is 0 Å². The van der Waals surface area contributed by atoms with Crippen molar-refractivity contribution >= 4 is 17.8 Å². The second-order valence-corrected chi connectivity index (χ2v) is 12.0. The molecule has 3 aromatic rings. The van der Waals surface area contributed by atoms with E-state index in [4.69, 9.17) is 14.6 Å². The molecule has 0 radical (unpaired) electrons. The molecule has 46 heavy (non-hydrogen) atoms. The fourth-order valence-corrected chi connectivity index (χ4v) is 5.77. The Labute approximate surface area is 271 Å². The number of ether oxygens (including phenoxy) is 2. The fourth-order valence-electron chi connectivity index (χ4n) is 5.77. The maximum absolute atomic E-state index is 13.4. The second-order valence-electron chi connectivity index (χ2n) is 12.0. The van der Waals surface area contributed by atoms with Gasteiger partial charge >= 0.3 is 11.9 Å². The number of carbonyl (C=O) groups excluding carboxylic acids is 1. The normalized spacial score (nSPS) is 13.5. The molecular formula is C36H47N3O7. The summed E-state index contributed by atoms with van der Waals surface area (Å²) in [6.45, 7) is 3.97. The topological polar surface area (TPSA) is 122 Å². The first-order valence-electron chi connectivity index (χ1n) is 16.3. The molecule has 10 heteroatoms. The average molecular weight is 634 g/mol. The first-order valence-corrected chi connectivity index (χ1v) is 16.3. The van der Waals surface area contributed by atoms with Crippen LogP contribution in [-0.4, -0.2) is 88.9 Å². The number of hydrogen-bond donors (Lipinski definition) is 2. The van der Waals surface area contributed by atoms with E-state index in [-0.39, 0.29) is 25.4 Å². The van der Waals surface area contributed by atoms with Gasteiger partial charge in [0.05, 0.1) is 13.2 Å². The van der Waals surface area contributed by atoms with Crippen LogP contribution in [0.5, 0.6) is 11.5 Å². The van der Waals surface area contributed by atoms with Gasteiger partial charge in [0.15, 0.2) is 0 Å². The van der Waals surface area contributed by atoms with E-state index in [1.807, 2.05) is 71.2 Å². The number of carbonyl (C=O) groups is 3. The molecule has 1 amide bonds. The van der Waals surface area contributed by atoms with Crippen molar-refractivity contribution in [2.24, 2.45) is 7.05 Å². The van der Waals surface area contributed by atoms with Crippen molar-refractivity contribution in [1.82, 2.24) is 14.4 Å². The first kappa shape index (κ1) is 34.6. The third-order valence-electron chi connectivity index (χ3n) is 8.40. The standard InChI is InChI=1S/C36H47N3O7/c1-37-18-20-39(21-19-37)36(44)29-24-28(32-12-8-17-38(32)2)25-30(26-29)45-22-6-4-3-5-10-27-11-7-13-33(31(27)15-16-35(42)43)46-23-9-14-34(40)41/h7-8,11-13,17,24-26H,3-6,9-10,14-16,18-23H2,1-2H3,(H,40,41)(H,42,43). The number of aromatic nitrogens is 1. The lowest BCUT2D eigenvalue weighted by Crippen LogP contribution is -2.47. The van der Waals surface area contributed by atoms with Gasteiger partial charge in [0, 0.05) is 69.1 Å². The summed E-state index contributed by atoms with van der Waals surface area (Å²) in [6, 6.07) is 15.6. The van der Waals surface area contributed by atoms with E-state index in [0.717, 1.165) is 67.6 Å². The molecule has 0 unspecified atom stereocenters. The summed E-state index contributed by atoms with van der Waals surface area (Å²) in [5, 5.41) is 18.1. The summed E-state index contributed by atoms with van der Waals surface area (Å²) in [5.41, 5.74) is 4.58. The molecule has 248 valence electrons. The third kappa shape index (κ3) is 10.4. The summed E-state index contributed by atoms with van der Waals surface area (Å²) in [4.78, 5) is 39.7. The van der Waals surface area contributed by atoms with Crippen LogP contribution in [0.25, 0.3) is 11.3 Å². The molecule has 2 aromatic carbocycles. The molecule has 1 aliphatic heterocycles. The van der Waals surface area contributed by atoms with Crippen molar-refractivity contribution in [3.8, 4) is 22.8 Å². The van der Waals surface area contributed by atoms with Gasteiger partial charge in [-0.25, -0.2) is 0 Å². The van der Waals surface area contributed by atoms with Gasteiger partial charge in [-0.2, -0.15) is 0 Å². The molecule has 0 atom stereocenters. The van der Waals surface area contributed by atoms with Crippen molar-refractivity contribution in [2.75, 3.05) is 46.4 Å². The first-order chi connectivity index (χ1) is 22.2. The minimum absolute atomic E-state index is 0.00775. The van der Waals surface area contributed by atoms with Gasteiger partial charge in [0.2, 0.25) is 0 Å². The lowest BCUT2D eigenvalue weighted by atomic mass is 9.97. The Morgan fingerprint density at radius 3 is 2.22 bits per heavy atom. The summed E-state index contributed by atoms with van der Waals surface area (Å²) < 4.78 is 14.1. The molecule has 0 saturated carbocycles. The zero-order valence-electron chi connectivity index (χ0n) is 27.1. The Kier molecular flexibility index (Phi) is 13.1. The van der Waals surface area contributed by atoms with Crippen LogP contribution in [0.2, 0.25) is 0 Å². The van der Waals surface area contributed by atoms with Gasteiger partial charge in [-0.05, 0) is 86.7 Å². The van der Waals surface area contributed by atoms with E-state index < -0.39 is 11.9 Å². The number of benzene rings is 2. The second kappa shape index (κ2) is 17.4. The molecule has 4 rings (SSSR count). The van der Waals surface area contributed by atoms with Gasteiger partial charge in [-0.3, -0.25) is 14.4 Å². The third-order valence-corrected chi connectivity index (χ3v) is 8.40. The van der Waals surface area contributed by atoms with Crippen LogP contribution in [0.1, 0.15) is 66.4 Å². The molecule has 2 heterocycles. The number of carboxylic acids is 2. The van der Waals surface area contributed by atoms with Crippen LogP contribution in [0, 0.1) is 0 Å². The van der Waals surface area contributed by atoms with Crippen LogP contribution in [0.15, 0.2) is 54.7 Å². The van der Waals surface area contributed by atoms with E-state index in [9.17, 15) is 19.5 Å². The van der Waals surface area contributed by atoms with E-state index in [0.29, 0.717) is 49.6 Å². The zero-order chi connectivity index (χ0) is 32.9. The van der Waals surface area contributed by atoms with Crippen LogP contribution < -0.4 is 9.47 Å². The quantitative estimate of drug-likeness (QED) is 0.176. The van der Waals surface area contributed by atoms with Crippen molar-refractivity contribution in [3.63, 3.8) is 0 Å². The number of aliphatic carboxylic acids is 2. The van der Waals surface area contributed by atoms with E-state index in [2.05, 4.69) is 11.9 Å². The van der Waals surface area contributed by atoms with Gasteiger partial charge in [-0.15, -0.1) is 0 Å². The number of aryl methyl sites for hydroxylation is 2. The van der Waals surface area contributed by atoms with Gasteiger partial charge in [0.25, 0.3) is 5.91 Å². The lowest BCUT2D eigenvalue weighted by Gasteiger charge is -2.32. The summed E-state index contributed by atoms with van der Waals surface area (Å²) in [5.74, 6) is -0.362. The van der Waals surface area contributed by atoms with Crippen molar-refractivity contribution < 1.29 is 34.1 Å². The highest BCUT2D eigenvalue weighted by Gasteiger charge is 2.22. The monoisotopic (exact) mass is 633 g/mol. The molecule has 1 saturated heterocycles. The number of piperazine rings is 1. The summed E-state index contributed by atoms with van der Waals surface area (Å²) in [7, 11) is 4.07. The van der Waals surface area contributed by atoms with Gasteiger partial charge < -0.3 is 34.1 Å². The smallest absolute Gasteiger partial charge is 0.303 e. The SMILES string of the molecule is CN1CCN(C(=O)c2cc(OCCCCCCc3cccc(OCCCC(=O)O)c3CCC(=O)O)cc(-c3cccn3C)c2)CC1. The van der Waals surface area contributed by atoms with E-state index in [1.165, 1.54) is 0 Å². The molecule has 2 N–H and O–H groups in total. The number of unbranched alkanes of at least 4 members (excludes halogenated alkanes) is 3. The maximum Gasteiger partial charge on any atom is 0.303 e. The van der Waals surface area contributed by atoms with Crippen LogP contribution in [-0.2, 0) is 29.5 Å². The highest BCUT2D eigenvalue weighted by Crippen LogP contribution is 2.29. The Balaban J connectivity index is 1.30. The van der Waals surface area contributed by atoms with Crippen molar-refractivity contribution in [3.05, 3.63) is 71.4 Å². The number of nitrogens with zero attached hydrogens (tertiary/aromatic N) is 3. The Hall–Kier alpha value is -4.31. The predicted molar refractivity (Wildman–Crippen MR) is 177 cm³/mol. The average Bonchev–Trinajstić information content (AvgIpc) is 3.47. The van der Waals surface area contributed by atoms with Crippen molar-refractivity contribution in [1.29, 1.82) is 0 Å². The van der Waals surface area contributed by atoms with E-state index >= 15 is 0 Å². The Morgan fingerprint density at radius 2 is 1.50 bits per heavy atom. The molecule has 1 aliphatic rings. The molecular weight excluding hydrogens is 586 g/mol. The predicted octanol–water partition coefficient (Wildman–Crippen LogP) is 5.52. The largest absolute Gasteiger partial charge is 0.494 e. The molecule has 0 spiro atoms. The minimum Gasteiger partial charge on any atom is -0.494 e. The van der Waals surface area contributed by atoms with Gasteiger partial charge in [0.1, 0.15) is 11.5 Å². The van der Waals surface area contributed by atoms with Gasteiger partial charge in [-0.1, -0.05) is 25.0 Å². The highest BCUT2D eigenvalue weighted by molar-refractivity contribution is 5.96. The number of hydrogen-bond acceptors (Lipinski definition) is 6. The molecule has 0 aliphatic carbocycles. The van der Waals surface area contributed by atoms with Crippen LogP contribution >= 0.6 is 0 Å². The zero-order valence-corrected chi connectivity index (χ0v) is 27.1. The lowest BCUT2D eigenvalue weighted by molar-refractivity contribution is -0.138. The van der Waals surface area contributed by atoms with Crippen molar-refractivity contribution in [2.45, 2.75) is 57.8 Å². The molecule has 1 fully saturated rings. The number of carboxylic acid groups (broad SMARTS) is 2. The number of amides is 1. The molecule has 10 nitrogen and oxygen atoms in total. The molecule has 1 aromatic heterocycles. The van der Waals surface area contributed by atoms with Crippen LogP contribution in [0.4, 0.5) is 0 Å². The highest BCUT2D eigenvalue weighted by atomic mass is 16.5. The van der Waals surface area contributed by atoms with Crippen LogP contribution in [0.3, 0.4) is 0 Å². The minimum atomic E-state index is -0.865. The summed E-state index contributed by atoms with van der Waals surface area (Å²) in [6.07, 6.45) is 7.37. The number of rotatable bonds is 18. The summed E-state index contributed by atoms with van der Waals surface area (Å²) >= 11 is 0. The fraction of sp³-hybridized carbons (Fsp3) is 0.472. The Morgan fingerprint density at radius 1 is 0.761 bits per heavy atom. The number of likely N-dealkylation sites (N-methyl/N-ethyl adjacent to an activating group) is 1. The maximum atomic E-state index is 13.4. The Bertz CT molecular complexity index is 1460. The molecule has 0 bridgehead atoms.